The van der Waals surface area contributed by atoms with Gasteiger partial charge in [-0.1, -0.05) is 5.16 Å². The molecule has 0 saturated heterocycles. The maximum Gasteiger partial charge on any atom is 0.307 e. The van der Waals surface area contributed by atoms with E-state index in [-0.39, 0.29) is 5.92 Å². The van der Waals surface area contributed by atoms with Crippen molar-refractivity contribution in [2.24, 2.45) is 5.92 Å². The van der Waals surface area contributed by atoms with Crippen molar-refractivity contribution >= 4 is 21.9 Å². The molecule has 2 atom stereocenters. The quantitative estimate of drug-likeness (QED) is 0.933. The molecule has 0 bridgehead atoms. The Bertz CT molecular complexity index is 596. The van der Waals surface area contributed by atoms with E-state index in [4.69, 9.17) is 9.63 Å². The van der Waals surface area contributed by atoms with Gasteiger partial charge in [0.2, 0.25) is 11.7 Å². The topological polar surface area (TPSA) is 89.1 Å². The normalized spacial score (nSPS) is 21.8. The molecule has 18 heavy (non-hydrogen) atoms. The number of carboxylic acid groups (broad SMARTS) is 1. The van der Waals surface area contributed by atoms with Gasteiger partial charge < -0.3 is 9.63 Å². The van der Waals surface area contributed by atoms with Crippen LogP contribution in [0.3, 0.4) is 0 Å². The fraction of sp³-hybridized carbons (Fsp3) is 0.273. The van der Waals surface area contributed by atoms with Crippen LogP contribution in [0.15, 0.2) is 27.3 Å². The number of aliphatic carboxylic acids is 1. The molecule has 1 fully saturated rings. The average molecular weight is 310 g/mol. The number of hydrogen-bond acceptors (Lipinski definition) is 5. The molecule has 0 aromatic carbocycles. The highest BCUT2D eigenvalue weighted by Gasteiger charge is 2.48. The highest BCUT2D eigenvalue weighted by molar-refractivity contribution is 9.10. The maximum atomic E-state index is 10.8. The predicted molar refractivity (Wildman–Crippen MR) is 63.7 cm³/mol. The molecule has 3 rings (SSSR count). The molecule has 7 heteroatoms. The van der Waals surface area contributed by atoms with Crippen molar-refractivity contribution in [3.8, 4) is 11.5 Å². The van der Waals surface area contributed by atoms with Crippen molar-refractivity contribution in [3.05, 3.63) is 28.7 Å². The standard InChI is InChI=1S/C11H8BrN3O3/c12-5-1-2-8(13-4-5)9-14-10(18-15-9)6-3-7(6)11(16)17/h1-2,4,6-7H,3H2,(H,16,17). The van der Waals surface area contributed by atoms with E-state index in [1.807, 2.05) is 6.07 Å². The molecular weight excluding hydrogens is 302 g/mol. The van der Waals surface area contributed by atoms with Crippen LogP contribution in [0.1, 0.15) is 18.2 Å². The van der Waals surface area contributed by atoms with E-state index in [9.17, 15) is 4.79 Å². The van der Waals surface area contributed by atoms with Crippen molar-refractivity contribution in [2.45, 2.75) is 12.3 Å². The van der Waals surface area contributed by atoms with Crippen LogP contribution < -0.4 is 0 Å². The van der Waals surface area contributed by atoms with Gasteiger partial charge >= 0.3 is 5.97 Å². The van der Waals surface area contributed by atoms with Crippen LogP contribution in [0.2, 0.25) is 0 Å². The second-order valence-corrected chi connectivity index (χ2v) is 5.02. The summed E-state index contributed by atoms with van der Waals surface area (Å²) in [5.74, 6) is -0.604. The SMILES string of the molecule is O=C(O)C1CC1c1nc(-c2ccc(Br)cn2)no1. The van der Waals surface area contributed by atoms with Gasteiger partial charge in [0, 0.05) is 10.7 Å². The van der Waals surface area contributed by atoms with Gasteiger partial charge in [-0.3, -0.25) is 9.78 Å². The van der Waals surface area contributed by atoms with E-state index in [2.05, 4.69) is 31.1 Å². The largest absolute Gasteiger partial charge is 0.481 e. The van der Waals surface area contributed by atoms with Gasteiger partial charge in [0.25, 0.3) is 0 Å². The second kappa shape index (κ2) is 4.16. The molecule has 2 unspecified atom stereocenters. The Labute approximate surface area is 110 Å². The van der Waals surface area contributed by atoms with Crippen molar-refractivity contribution in [3.63, 3.8) is 0 Å². The van der Waals surface area contributed by atoms with Gasteiger partial charge in [-0.05, 0) is 34.5 Å². The molecule has 1 aliphatic rings. The van der Waals surface area contributed by atoms with Crippen molar-refractivity contribution < 1.29 is 14.4 Å². The van der Waals surface area contributed by atoms with Crippen molar-refractivity contribution in [1.29, 1.82) is 0 Å². The third-order valence-electron chi connectivity index (χ3n) is 2.82. The number of carboxylic acids is 1. The molecule has 2 aromatic heterocycles. The van der Waals surface area contributed by atoms with Gasteiger partial charge in [0.05, 0.1) is 11.8 Å². The lowest BCUT2D eigenvalue weighted by molar-refractivity contribution is -0.138. The summed E-state index contributed by atoms with van der Waals surface area (Å²) < 4.78 is 5.94. The van der Waals surface area contributed by atoms with E-state index >= 15 is 0 Å². The zero-order valence-electron chi connectivity index (χ0n) is 9.08. The number of pyridine rings is 1. The molecule has 2 heterocycles. The maximum absolute atomic E-state index is 10.8. The van der Waals surface area contributed by atoms with Gasteiger partial charge in [0.1, 0.15) is 5.69 Å². The summed E-state index contributed by atoms with van der Waals surface area (Å²) >= 11 is 3.29. The highest BCUT2D eigenvalue weighted by atomic mass is 79.9. The molecule has 0 amide bonds. The van der Waals surface area contributed by atoms with E-state index in [0.717, 1.165) is 4.47 Å². The summed E-state index contributed by atoms with van der Waals surface area (Å²) in [4.78, 5) is 19.1. The number of rotatable bonds is 3. The van der Waals surface area contributed by atoms with Crippen LogP contribution in [0.25, 0.3) is 11.5 Å². The molecule has 0 aliphatic heterocycles. The van der Waals surface area contributed by atoms with Crippen LogP contribution in [0.5, 0.6) is 0 Å². The minimum Gasteiger partial charge on any atom is -0.481 e. The fourth-order valence-corrected chi connectivity index (χ4v) is 1.97. The molecule has 92 valence electrons. The van der Waals surface area contributed by atoms with E-state index in [1.165, 1.54) is 0 Å². The van der Waals surface area contributed by atoms with Crippen molar-refractivity contribution in [1.82, 2.24) is 15.1 Å². The van der Waals surface area contributed by atoms with Crippen molar-refractivity contribution in [2.75, 3.05) is 0 Å². The summed E-state index contributed by atoms with van der Waals surface area (Å²) in [6.07, 6.45) is 2.20. The van der Waals surface area contributed by atoms with Crippen LogP contribution in [-0.2, 0) is 4.79 Å². The molecule has 1 aliphatic carbocycles. The summed E-state index contributed by atoms with van der Waals surface area (Å²) in [5, 5.41) is 12.6. The monoisotopic (exact) mass is 309 g/mol. The van der Waals surface area contributed by atoms with E-state index in [1.54, 1.807) is 12.3 Å². The Balaban J connectivity index is 1.82. The zero-order chi connectivity index (χ0) is 12.7. The second-order valence-electron chi connectivity index (χ2n) is 4.10. The first-order valence-corrected chi connectivity index (χ1v) is 6.13. The molecule has 0 spiro atoms. The predicted octanol–water partition coefficient (Wildman–Crippen LogP) is 2.08. The zero-order valence-corrected chi connectivity index (χ0v) is 10.7. The Kier molecular flexibility index (Phi) is 2.62. The van der Waals surface area contributed by atoms with Gasteiger partial charge in [-0.15, -0.1) is 0 Å². The fourth-order valence-electron chi connectivity index (χ4n) is 1.74. The van der Waals surface area contributed by atoms with Gasteiger partial charge in [-0.25, -0.2) is 0 Å². The van der Waals surface area contributed by atoms with Crippen LogP contribution in [0.4, 0.5) is 0 Å². The first-order valence-electron chi connectivity index (χ1n) is 5.33. The Morgan fingerprint density at radius 3 is 2.94 bits per heavy atom. The van der Waals surface area contributed by atoms with Crippen LogP contribution in [-0.4, -0.2) is 26.2 Å². The molecule has 1 N–H and O–H groups in total. The molecule has 1 saturated carbocycles. The lowest BCUT2D eigenvalue weighted by atomic mass is 10.3. The first-order chi connectivity index (χ1) is 8.65. The van der Waals surface area contributed by atoms with Gasteiger partial charge in [-0.2, -0.15) is 4.98 Å². The molecular formula is C11H8BrN3O3. The summed E-state index contributed by atoms with van der Waals surface area (Å²) in [7, 11) is 0. The average Bonchev–Trinajstić information content (AvgIpc) is 3.02. The molecule has 6 nitrogen and oxygen atoms in total. The summed E-state index contributed by atoms with van der Waals surface area (Å²) in [6.45, 7) is 0. The Hall–Kier alpha value is -1.76. The minimum absolute atomic E-state index is 0.154. The lowest BCUT2D eigenvalue weighted by Crippen LogP contribution is -1.98. The number of aromatic nitrogens is 3. The number of hydrogen-bond donors (Lipinski definition) is 1. The third kappa shape index (κ3) is 2.01. The number of carbonyl (C=O) groups is 1. The number of halogens is 1. The number of nitrogens with zero attached hydrogens (tertiary/aromatic N) is 3. The Morgan fingerprint density at radius 1 is 1.50 bits per heavy atom. The molecule has 0 radical (unpaired) electrons. The van der Waals surface area contributed by atoms with Gasteiger partial charge in [0.15, 0.2) is 0 Å². The van der Waals surface area contributed by atoms with Crippen LogP contribution in [0, 0.1) is 5.92 Å². The van der Waals surface area contributed by atoms with Crippen LogP contribution >= 0.6 is 15.9 Å². The van der Waals surface area contributed by atoms with E-state index < -0.39 is 11.9 Å². The lowest BCUT2D eigenvalue weighted by Gasteiger charge is -1.92. The molecule has 2 aromatic rings. The minimum atomic E-state index is -0.818. The smallest absolute Gasteiger partial charge is 0.307 e. The third-order valence-corrected chi connectivity index (χ3v) is 3.29. The first kappa shape index (κ1) is 11.3. The summed E-state index contributed by atoms with van der Waals surface area (Å²) in [6, 6.07) is 3.59. The van der Waals surface area contributed by atoms with E-state index in [0.29, 0.717) is 23.8 Å². The highest BCUT2D eigenvalue weighted by Crippen LogP contribution is 2.47. The summed E-state index contributed by atoms with van der Waals surface area (Å²) in [5.41, 5.74) is 0.598. The Morgan fingerprint density at radius 2 is 2.33 bits per heavy atom.